The van der Waals surface area contributed by atoms with E-state index in [2.05, 4.69) is 10.4 Å². The van der Waals surface area contributed by atoms with Gasteiger partial charge in [-0.15, -0.1) is 0 Å². The van der Waals surface area contributed by atoms with Crippen LogP contribution >= 0.6 is 0 Å². The van der Waals surface area contributed by atoms with Crippen LogP contribution in [0.5, 0.6) is 11.5 Å². The number of amides is 1. The minimum absolute atomic E-state index is 0.107. The monoisotopic (exact) mass is 289 g/mol. The van der Waals surface area contributed by atoms with Crippen LogP contribution in [0.2, 0.25) is 0 Å². The number of hydrogen-bond donors (Lipinski definition) is 1. The van der Waals surface area contributed by atoms with Crippen molar-refractivity contribution in [2.24, 2.45) is 0 Å². The van der Waals surface area contributed by atoms with E-state index in [9.17, 15) is 4.79 Å². The van der Waals surface area contributed by atoms with Crippen LogP contribution in [-0.2, 0) is 11.3 Å². The summed E-state index contributed by atoms with van der Waals surface area (Å²) < 4.78 is 12.1. The number of rotatable bonds is 6. The molecule has 1 aromatic heterocycles. The Bertz CT molecular complexity index is 596. The van der Waals surface area contributed by atoms with Gasteiger partial charge in [-0.05, 0) is 25.1 Å². The lowest BCUT2D eigenvalue weighted by atomic mass is 10.1. The summed E-state index contributed by atoms with van der Waals surface area (Å²) in [6.45, 7) is 2.10. The van der Waals surface area contributed by atoms with Gasteiger partial charge in [-0.25, -0.2) is 0 Å². The molecule has 21 heavy (non-hydrogen) atoms. The van der Waals surface area contributed by atoms with Crippen molar-refractivity contribution in [2.75, 3.05) is 14.2 Å². The molecule has 1 aromatic carbocycles. The Kier molecular flexibility index (Phi) is 4.81. The maximum Gasteiger partial charge on any atom is 0.242 e. The molecule has 0 fully saturated rings. The second-order valence-corrected chi connectivity index (χ2v) is 4.60. The van der Waals surface area contributed by atoms with Gasteiger partial charge in [0, 0.05) is 24.0 Å². The number of benzene rings is 1. The predicted octanol–water partition coefficient (Wildman–Crippen LogP) is 1.78. The summed E-state index contributed by atoms with van der Waals surface area (Å²) in [6, 6.07) is 7.13. The number of ether oxygens (including phenoxy) is 2. The van der Waals surface area contributed by atoms with Crippen molar-refractivity contribution in [3.63, 3.8) is 0 Å². The summed E-state index contributed by atoms with van der Waals surface area (Å²) in [5.74, 6) is 1.29. The third kappa shape index (κ3) is 3.75. The number of nitrogens with zero attached hydrogens (tertiary/aromatic N) is 2. The minimum Gasteiger partial charge on any atom is -0.497 e. The highest BCUT2D eigenvalue weighted by Gasteiger charge is 2.15. The standard InChI is InChI=1S/C15H19N3O3/c1-11(17-15(19)10-18-8-4-7-16-18)13-6-5-12(20-2)9-14(13)21-3/h4-9,11H,10H2,1-3H3,(H,17,19). The van der Waals surface area contributed by atoms with Crippen molar-refractivity contribution < 1.29 is 14.3 Å². The maximum atomic E-state index is 12.0. The van der Waals surface area contributed by atoms with Gasteiger partial charge in [0.25, 0.3) is 0 Å². The molecule has 1 atom stereocenters. The zero-order valence-corrected chi connectivity index (χ0v) is 12.4. The molecule has 6 nitrogen and oxygen atoms in total. The van der Waals surface area contributed by atoms with E-state index >= 15 is 0 Å². The predicted molar refractivity (Wildman–Crippen MR) is 78.3 cm³/mol. The lowest BCUT2D eigenvalue weighted by Crippen LogP contribution is -2.30. The van der Waals surface area contributed by atoms with Gasteiger partial charge in [0.2, 0.25) is 5.91 Å². The molecular weight excluding hydrogens is 270 g/mol. The molecule has 1 heterocycles. The molecule has 2 aromatic rings. The highest BCUT2D eigenvalue weighted by Crippen LogP contribution is 2.29. The fourth-order valence-electron chi connectivity index (χ4n) is 2.08. The molecule has 1 amide bonds. The first-order valence-corrected chi connectivity index (χ1v) is 6.62. The smallest absolute Gasteiger partial charge is 0.242 e. The molecule has 0 saturated carbocycles. The molecular formula is C15H19N3O3. The van der Waals surface area contributed by atoms with Crippen molar-refractivity contribution in [1.82, 2.24) is 15.1 Å². The summed E-state index contributed by atoms with van der Waals surface area (Å²) in [6.07, 6.45) is 3.39. The van der Waals surface area contributed by atoms with Crippen molar-refractivity contribution in [2.45, 2.75) is 19.5 Å². The van der Waals surface area contributed by atoms with Gasteiger partial charge in [0.05, 0.1) is 20.3 Å². The lowest BCUT2D eigenvalue weighted by Gasteiger charge is -2.18. The summed E-state index contributed by atoms with van der Waals surface area (Å²) in [5, 5.41) is 6.93. The Balaban J connectivity index is 2.05. The number of carbonyl (C=O) groups excluding carboxylic acids is 1. The van der Waals surface area contributed by atoms with Crippen LogP contribution in [0.3, 0.4) is 0 Å². The second kappa shape index (κ2) is 6.78. The largest absolute Gasteiger partial charge is 0.497 e. The molecule has 0 aliphatic heterocycles. The zero-order valence-electron chi connectivity index (χ0n) is 12.4. The molecule has 0 aliphatic rings. The lowest BCUT2D eigenvalue weighted by molar-refractivity contribution is -0.122. The third-order valence-electron chi connectivity index (χ3n) is 3.15. The van der Waals surface area contributed by atoms with E-state index in [4.69, 9.17) is 9.47 Å². The highest BCUT2D eigenvalue weighted by atomic mass is 16.5. The zero-order chi connectivity index (χ0) is 15.2. The van der Waals surface area contributed by atoms with Gasteiger partial charge in [-0.3, -0.25) is 9.48 Å². The molecule has 1 N–H and O–H groups in total. The van der Waals surface area contributed by atoms with Crippen LogP contribution in [-0.4, -0.2) is 29.9 Å². The van der Waals surface area contributed by atoms with Crippen LogP contribution in [0.15, 0.2) is 36.7 Å². The summed E-state index contributed by atoms with van der Waals surface area (Å²) in [5.41, 5.74) is 0.895. The number of carbonyl (C=O) groups is 1. The molecule has 0 bridgehead atoms. The van der Waals surface area contributed by atoms with Crippen LogP contribution in [0, 0.1) is 0 Å². The van der Waals surface area contributed by atoms with Crippen molar-refractivity contribution in [3.05, 3.63) is 42.2 Å². The second-order valence-electron chi connectivity index (χ2n) is 4.60. The van der Waals surface area contributed by atoms with Gasteiger partial charge in [0.1, 0.15) is 18.0 Å². The van der Waals surface area contributed by atoms with Crippen molar-refractivity contribution in [3.8, 4) is 11.5 Å². The van der Waals surface area contributed by atoms with Crippen molar-refractivity contribution >= 4 is 5.91 Å². The van der Waals surface area contributed by atoms with E-state index in [1.807, 2.05) is 19.1 Å². The molecule has 112 valence electrons. The Morgan fingerprint density at radius 2 is 2.19 bits per heavy atom. The van der Waals surface area contributed by atoms with Crippen LogP contribution < -0.4 is 14.8 Å². The van der Waals surface area contributed by atoms with Gasteiger partial charge in [0.15, 0.2) is 0 Å². The Labute approximate surface area is 123 Å². The summed E-state index contributed by atoms with van der Waals surface area (Å²) in [4.78, 5) is 12.0. The number of methoxy groups -OCH3 is 2. The first-order chi connectivity index (χ1) is 10.1. The van der Waals surface area contributed by atoms with E-state index in [-0.39, 0.29) is 18.5 Å². The van der Waals surface area contributed by atoms with Gasteiger partial charge < -0.3 is 14.8 Å². The van der Waals surface area contributed by atoms with E-state index in [0.717, 1.165) is 5.56 Å². The fraction of sp³-hybridized carbons (Fsp3) is 0.333. The van der Waals surface area contributed by atoms with Crippen LogP contribution in [0.1, 0.15) is 18.5 Å². The van der Waals surface area contributed by atoms with Crippen LogP contribution in [0.4, 0.5) is 0 Å². The van der Waals surface area contributed by atoms with Gasteiger partial charge >= 0.3 is 0 Å². The SMILES string of the molecule is COc1ccc(C(C)NC(=O)Cn2cccn2)c(OC)c1. The molecule has 6 heteroatoms. The Morgan fingerprint density at radius 1 is 1.38 bits per heavy atom. The third-order valence-corrected chi connectivity index (χ3v) is 3.15. The normalized spacial score (nSPS) is 11.8. The first kappa shape index (κ1) is 14.9. The van der Waals surface area contributed by atoms with Gasteiger partial charge in [-0.2, -0.15) is 5.10 Å². The molecule has 0 spiro atoms. The van der Waals surface area contributed by atoms with E-state index in [1.54, 1.807) is 43.4 Å². The van der Waals surface area contributed by atoms with E-state index < -0.39 is 0 Å². The average molecular weight is 289 g/mol. The average Bonchev–Trinajstić information content (AvgIpc) is 2.99. The maximum absolute atomic E-state index is 12.0. The number of nitrogens with one attached hydrogen (secondary N) is 1. The number of hydrogen-bond acceptors (Lipinski definition) is 4. The quantitative estimate of drug-likeness (QED) is 0.880. The van der Waals surface area contributed by atoms with E-state index in [1.165, 1.54) is 0 Å². The molecule has 0 aliphatic carbocycles. The molecule has 1 unspecified atom stereocenters. The van der Waals surface area contributed by atoms with E-state index in [0.29, 0.717) is 11.5 Å². The number of aromatic nitrogens is 2. The summed E-state index contributed by atoms with van der Waals surface area (Å²) in [7, 11) is 3.19. The van der Waals surface area contributed by atoms with Gasteiger partial charge in [-0.1, -0.05) is 0 Å². The fourth-order valence-corrected chi connectivity index (χ4v) is 2.08. The minimum atomic E-state index is -0.172. The van der Waals surface area contributed by atoms with Crippen molar-refractivity contribution in [1.29, 1.82) is 0 Å². The molecule has 0 saturated heterocycles. The first-order valence-electron chi connectivity index (χ1n) is 6.62. The summed E-state index contributed by atoms with van der Waals surface area (Å²) >= 11 is 0. The van der Waals surface area contributed by atoms with Crippen LogP contribution in [0.25, 0.3) is 0 Å². The Morgan fingerprint density at radius 3 is 2.81 bits per heavy atom. The highest BCUT2D eigenvalue weighted by molar-refractivity contribution is 5.76. The Hall–Kier alpha value is -2.50. The topological polar surface area (TPSA) is 65.4 Å². The molecule has 0 radical (unpaired) electrons. The molecule has 2 rings (SSSR count).